The van der Waals surface area contributed by atoms with Crippen molar-refractivity contribution in [1.82, 2.24) is 35.6 Å². The Labute approximate surface area is 408 Å². The van der Waals surface area contributed by atoms with E-state index in [1.165, 1.54) is 4.90 Å². The number of ether oxygens (including phenoxy) is 1. The van der Waals surface area contributed by atoms with E-state index in [1.54, 1.807) is 41.7 Å². The van der Waals surface area contributed by atoms with Crippen molar-refractivity contribution >= 4 is 40.8 Å². The summed E-state index contributed by atoms with van der Waals surface area (Å²) in [6.07, 6.45) is 5.18. The number of para-hydroxylation sites is 1. The number of hydrogen-bond acceptors (Lipinski definition) is 12. The first-order chi connectivity index (χ1) is 33.1. The lowest BCUT2D eigenvalue weighted by Crippen LogP contribution is -2.57. The van der Waals surface area contributed by atoms with Crippen LogP contribution in [0.4, 0.5) is 5.82 Å². The fraction of sp³-hybridized carbons (Fsp3) is 0.453. The third-order valence-corrected chi connectivity index (χ3v) is 14.0. The molecule has 0 aliphatic carbocycles. The molecular formula is C53H66N8O7S. The SMILES string of the molecule is Cc1ncsc1-c1ccc(CNC(=O)C2CC(O)CN2C(=O)C(NC(=O)CCCCCCCCC(=O)N2CC(Oc3cc(-c4ccccc4O)nnc3N)CC(c3ccccc3)C2)C(C)(C)C)cc1. The van der Waals surface area contributed by atoms with E-state index in [9.17, 15) is 29.4 Å². The molecule has 5 atom stereocenters. The van der Waals surface area contributed by atoms with Crippen LogP contribution < -0.4 is 21.1 Å². The average molecular weight is 959 g/mol. The topological polar surface area (TPSA) is 213 Å². The number of nitrogens with one attached hydrogen (secondary N) is 2. The number of rotatable bonds is 19. The molecule has 7 rings (SSSR count). The molecule has 5 aromatic rings. The van der Waals surface area contributed by atoms with Crippen molar-refractivity contribution in [2.45, 2.75) is 129 Å². The lowest BCUT2D eigenvalue weighted by molar-refractivity contribution is -0.144. The zero-order chi connectivity index (χ0) is 49.1. The quantitative estimate of drug-likeness (QED) is 0.0510. The number of unbranched alkanes of at least 4 members (excludes halogenated alkanes) is 5. The number of aryl methyl sites for hydroxylation is 1. The molecule has 69 heavy (non-hydrogen) atoms. The number of phenols is 1. The summed E-state index contributed by atoms with van der Waals surface area (Å²) in [5.74, 6) is -0.282. The number of amides is 4. The zero-order valence-electron chi connectivity index (χ0n) is 40.1. The maximum Gasteiger partial charge on any atom is 0.246 e. The zero-order valence-corrected chi connectivity index (χ0v) is 40.9. The molecule has 0 saturated carbocycles. The fourth-order valence-electron chi connectivity index (χ4n) is 9.23. The van der Waals surface area contributed by atoms with E-state index >= 15 is 0 Å². The summed E-state index contributed by atoms with van der Waals surface area (Å²) >= 11 is 1.58. The van der Waals surface area contributed by atoms with Gasteiger partial charge in [-0.15, -0.1) is 21.5 Å². The second-order valence-corrected chi connectivity index (χ2v) is 20.3. The number of nitrogens with two attached hydrogens (primary N) is 1. The van der Waals surface area contributed by atoms with Gasteiger partial charge in [0.15, 0.2) is 11.6 Å². The van der Waals surface area contributed by atoms with Crippen LogP contribution in [0, 0.1) is 12.3 Å². The van der Waals surface area contributed by atoms with Crippen LogP contribution in [0.25, 0.3) is 21.7 Å². The van der Waals surface area contributed by atoms with Gasteiger partial charge in [0.2, 0.25) is 23.6 Å². The van der Waals surface area contributed by atoms with E-state index in [1.807, 2.05) is 80.6 Å². The fourth-order valence-corrected chi connectivity index (χ4v) is 10.0. The Bertz CT molecular complexity index is 2530. The number of likely N-dealkylation sites (tertiary alicyclic amines) is 2. The van der Waals surface area contributed by atoms with E-state index < -0.39 is 23.6 Å². The van der Waals surface area contributed by atoms with E-state index in [4.69, 9.17) is 10.5 Å². The monoisotopic (exact) mass is 958 g/mol. The van der Waals surface area contributed by atoms with Gasteiger partial charge >= 0.3 is 0 Å². The maximum atomic E-state index is 14.1. The number of aliphatic hydroxyl groups excluding tert-OH is 1. The summed E-state index contributed by atoms with van der Waals surface area (Å²) in [5.41, 5.74) is 12.4. The number of phenolic OH excluding ortho intramolecular Hbond substituents is 1. The van der Waals surface area contributed by atoms with Crippen LogP contribution >= 0.6 is 11.3 Å². The molecule has 4 heterocycles. The average Bonchev–Trinajstić information content (AvgIpc) is 3.96. The number of hydrogen-bond donors (Lipinski definition) is 5. The molecule has 0 spiro atoms. The van der Waals surface area contributed by atoms with Gasteiger partial charge in [-0.3, -0.25) is 19.2 Å². The number of carbonyl (C=O) groups is 4. The van der Waals surface area contributed by atoms with Gasteiger partial charge in [0.05, 0.1) is 28.7 Å². The Balaban J connectivity index is 0.839. The molecule has 5 unspecified atom stereocenters. The molecule has 366 valence electrons. The molecule has 4 amide bonds. The van der Waals surface area contributed by atoms with E-state index in [-0.39, 0.29) is 73.1 Å². The molecule has 2 fully saturated rings. The van der Waals surface area contributed by atoms with Gasteiger partial charge in [0.1, 0.15) is 29.6 Å². The molecule has 16 heteroatoms. The summed E-state index contributed by atoms with van der Waals surface area (Å²) in [6, 6.07) is 24.8. The molecule has 15 nitrogen and oxygen atoms in total. The summed E-state index contributed by atoms with van der Waals surface area (Å²) in [4.78, 5) is 63.3. The Morgan fingerprint density at radius 1 is 0.870 bits per heavy atom. The van der Waals surface area contributed by atoms with Crippen molar-refractivity contribution < 1.29 is 34.1 Å². The largest absolute Gasteiger partial charge is 0.507 e. The summed E-state index contributed by atoms with van der Waals surface area (Å²) in [6.45, 7) is 8.88. The summed E-state index contributed by atoms with van der Waals surface area (Å²) in [5, 5.41) is 35.2. The number of aromatic nitrogens is 3. The summed E-state index contributed by atoms with van der Waals surface area (Å²) < 4.78 is 6.47. The molecule has 3 aromatic carbocycles. The lowest BCUT2D eigenvalue weighted by Gasteiger charge is -2.38. The number of thiazole rings is 1. The lowest BCUT2D eigenvalue weighted by atomic mass is 9.85. The van der Waals surface area contributed by atoms with Crippen LogP contribution in [0.3, 0.4) is 0 Å². The van der Waals surface area contributed by atoms with Gasteiger partial charge in [0, 0.05) is 56.4 Å². The number of anilines is 1. The molecule has 0 radical (unpaired) electrons. The number of nitrogens with zero attached hydrogens (tertiary/aromatic N) is 5. The maximum absolute atomic E-state index is 14.1. The Morgan fingerprint density at radius 3 is 2.26 bits per heavy atom. The van der Waals surface area contributed by atoms with Crippen LogP contribution in [0.2, 0.25) is 0 Å². The highest BCUT2D eigenvalue weighted by Gasteiger charge is 2.44. The van der Waals surface area contributed by atoms with Gasteiger partial charge in [-0.05, 0) is 60.4 Å². The Hall–Kier alpha value is -6.39. The van der Waals surface area contributed by atoms with Gasteiger partial charge < -0.3 is 41.1 Å². The third kappa shape index (κ3) is 13.4. The van der Waals surface area contributed by atoms with Crippen molar-refractivity contribution in [2.24, 2.45) is 5.41 Å². The standard InChI is InChI=1S/C53H66N8O7S/c1-34-48(69-33-56-34)37-24-22-35(23-25-37)29-55-51(66)43-27-39(62)31-61(43)52(67)49(53(2,3)4)57-46(64)20-12-7-5-6-8-13-21-47(65)60-30-38(36-16-10-9-11-17-36)26-40(32-60)68-45-28-42(58-59-50(45)54)41-18-14-15-19-44(41)63/h9-11,14-19,22-25,28,33,38-40,43,49,62-63H,5-8,12-13,20-21,26-27,29-32H2,1-4H3,(H2,54,59)(H,55,66)(H,57,64). The molecule has 2 saturated heterocycles. The Morgan fingerprint density at radius 2 is 1.57 bits per heavy atom. The van der Waals surface area contributed by atoms with Gasteiger partial charge in [-0.1, -0.05) is 113 Å². The second-order valence-electron chi connectivity index (χ2n) is 19.4. The van der Waals surface area contributed by atoms with Crippen LogP contribution in [-0.4, -0.2) is 103 Å². The van der Waals surface area contributed by atoms with Gasteiger partial charge in [-0.2, -0.15) is 0 Å². The van der Waals surface area contributed by atoms with Crippen LogP contribution in [0.5, 0.6) is 11.5 Å². The minimum atomic E-state index is -0.885. The molecular weight excluding hydrogens is 893 g/mol. The number of aliphatic hydroxyl groups is 1. The van der Waals surface area contributed by atoms with Gasteiger partial charge in [0.25, 0.3) is 0 Å². The first-order valence-electron chi connectivity index (χ1n) is 24.1. The number of nitrogen functional groups attached to an aromatic ring is 1. The van der Waals surface area contributed by atoms with Crippen LogP contribution in [0.15, 0.2) is 90.4 Å². The first-order valence-corrected chi connectivity index (χ1v) is 25.0. The predicted octanol–water partition coefficient (Wildman–Crippen LogP) is 7.56. The Kier molecular flexibility index (Phi) is 17.0. The predicted molar refractivity (Wildman–Crippen MR) is 267 cm³/mol. The summed E-state index contributed by atoms with van der Waals surface area (Å²) in [7, 11) is 0. The molecule has 6 N–H and O–H groups in total. The minimum Gasteiger partial charge on any atom is -0.507 e. The number of β-amino-alcohol motifs (C(OH)–C–C–N with tert-alkyl or cyclic N) is 1. The van der Waals surface area contributed by atoms with Crippen LogP contribution in [-0.2, 0) is 25.7 Å². The number of piperidine rings is 1. The highest BCUT2D eigenvalue weighted by Crippen LogP contribution is 2.35. The minimum absolute atomic E-state index is 0.0124. The molecule has 2 aromatic heterocycles. The third-order valence-electron chi connectivity index (χ3n) is 13.1. The van der Waals surface area contributed by atoms with E-state index in [0.29, 0.717) is 49.4 Å². The van der Waals surface area contributed by atoms with Crippen molar-refractivity contribution in [2.75, 3.05) is 25.4 Å². The van der Waals surface area contributed by atoms with Crippen molar-refractivity contribution in [3.8, 4) is 33.2 Å². The second kappa shape index (κ2) is 23.3. The van der Waals surface area contributed by atoms with Crippen molar-refractivity contribution in [3.05, 3.63) is 107 Å². The van der Waals surface area contributed by atoms with E-state index in [0.717, 1.165) is 59.4 Å². The molecule has 2 aliphatic rings. The molecule has 0 bridgehead atoms. The van der Waals surface area contributed by atoms with Crippen molar-refractivity contribution in [3.63, 3.8) is 0 Å². The number of carbonyl (C=O) groups excluding carboxylic acids is 4. The van der Waals surface area contributed by atoms with Gasteiger partial charge in [-0.25, -0.2) is 4.98 Å². The van der Waals surface area contributed by atoms with Crippen molar-refractivity contribution in [1.29, 1.82) is 0 Å². The molecule has 2 aliphatic heterocycles. The van der Waals surface area contributed by atoms with E-state index in [2.05, 4.69) is 37.9 Å². The van der Waals surface area contributed by atoms with Crippen LogP contribution in [0.1, 0.15) is 108 Å². The number of aromatic hydroxyl groups is 1. The normalized spacial score (nSPS) is 18.7. The highest BCUT2D eigenvalue weighted by atomic mass is 32.1. The first kappa shape index (κ1) is 50.5. The number of benzene rings is 3. The highest BCUT2D eigenvalue weighted by molar-refractivity contribution is 7.13. The smallest absolute Gasteiger partial charge is 0.246 e.